The monoisotopic (exact) mass is 293 g/mol. The quantitative estimate of drug-likeness (QED) is 0.633. The number of nitro groups is 1. The predicted molar refractivity (Wildman–Crippen MR) is 77.6 cm³/mol. The third-order valence-electron chi connectivity index (χ3n) is 3.56. The number of hydrogen-bond acceptors (Lipinski definition) is 5. The molecule has 0 aromatic heterocycles. The van der Waals surface area contributed by atoms with Crippen molar-refractivity contribution >= 4 is 11.6 Å². The zero-order valence-corrected chi connectivity index (χ0v) is 11.9. The molecule has 0 aliphatic carbocycles. The van der Waals surface area contributed by atoms with Crippen molar-refractivity contribution in [2.45, 2.75) is 25.3 Å². The summed E-state index contributed by atoms with van der Waals surface area (Å²) in [7, 11) is 1.36. The van der Waals surface area contributed by atoms with Crippen molar-refractivity contribution in [3.05, 3.63) is 33.9 Å². The molecule has 0 radical (unpaired) electrons. The van der Waals surface area contributed by atoms with E-state index < -0.39 is 4.92 Å². The van der Waals surface area contributed by atoms with Gasteiger partial charge in [-0.3, -0.25) is 14.9 Å². The fourth-order valence-electron chi connectivity index (χ4n) is 2.39. The second-order valence-corrected chi connectivity index (χ2v) is 5.00. The van der Waals surface area contributed by atoms with Crippen molar-refractivity contribution in [2.75, 3.05) is 20.2 Å². The van der Waals surface area contributed by atoms with Crippen LogP contribution in [-0.2, 0) is 0 Å². The van der Waals surface area contributed by atoms with Gasteiger partial charge in [0.25, 0.3) is 5.91 Å². The summed E-state index contributed by atoms with van der Waals surface area (Å²) in [4.78, 5) is 22.4. The topological polar surface area (TPSA) is 93.5 Å². The van der Waals surface area contributed by atoms with Gasteiger partial charge in [-0.2, -0.15) is 0 Å². The maximum Gasteiger partial charge on any atom is 0.311 e. The number of nitrogens with zero attached hydrogens (tertiary/aromatic N) is 1. The van der Waals surface area contributed by atoms with Gasteiger partial charge in [-0.25, -0.2) is 0 Å². The molecule has 2 rings (SSSR count). The van der Waals surface area contributed by atoms with E-state index in [9.17, 15) is 14.9 Å². The number of hydrogen-bond donors (Lipinski definition) is 2. The number of methoxy groups -OCH3 is 1. The summed E-state index contributed by atoms with van der Waals surface area (Å²) in [5, 5.41) is 17.1. The first kappa shape index (κ1) is 15.2. The Hall–Kier alpha value is -2.15. The van der Waals surface area contributed by atoms with Crippen molar-refractivity contribution in [2.24, 2.45) is 0 Å². The second-order valence-electron chi connectivity index (χ2n) is 5.00. The van der Waals surface area contributed by atoms with Gasteiger partial charge < -0.3 is 15.4 Å². The van der Waals surface area contributed by atoms with E-state index in [0.717, 1.165) is 25.8 Å². The number of nitrogens with one attached hydrogen (secondary N) is 2. The van der Waals surface area contributed by atoms with E-state index in [0.29, 0.717) is 6.54 Å². The Bertz CT molecular complexity index is 527. The van der Waals surface area contributed by atoms with Crippen molar-refractivity contribution < 1.29 is 14.5 Å². The van der Waals surface area contributed by atoms with Crippen LogP contribution in [0.1, 0.15) is 29.6 Å². The Balaban J connectivity index is 2.01. The smallest absolute Gasteiger partial charge is 0.311 e. The molecule has 1 unspecified atom stereocenters. The normalized spacial score (nSPS) is 18.0. The third kappa shape index (κ3) is 3.91. The number of ether oxygens (including phenoxy) is 1. The molecule has 1 atom stereocenters. The molecule has 1 fully saturated rings. The van der Waals surface area contributed by atoms with Gasteiger partial charge in [-0.05, 0) is 31.5 Å². The molecule has 2 N–H and O–H groups in total. The van der Waals surface area contributed by atoms with E-state index in [4.69, 9.17) is 4.74 Å². The minimum Gasteiger partial charge on any atom is -0.490 e. The Morgan fingerprint density at radius 2 is 2.33 bits per heavy atom. The molecule has 7 heteroatoms. The lowest BCUT2D eigenvalue weighted by Gasteiger charge is -2.23. The van der Waals surface area contributed by atoms with Gasteiger partial charge in [-0.15, -0.1) is 0 Å². The minimum absolute atomic E-state index is 0.144. The molecule has 1 saturated heterocycles. The van der Waals surface area contributed by atoms with E-state index >= 15 is 0 Å². The summed E-state index contributed by atoms with van der Waals surface area (Å²) in [5.74, 6) is -0.168. The molecular formula is C14H19N3O4. The van der Waals surface area contributed by atoms with Crippen LogP contribution >= 0.6 is 0 Å². The molecule has 0 saturated carbocycles. The van der Waals surface area contributed by atoms with Crippen LogP contribution in [-0.4, -0.2) is 37.1 Å². The maximum atomic E-state index is 12.1. The van der Waals surface area contributed by atoms with Gasteiger partial charge in [0.15, 0.2) is 5.75 Å². The van der Waals surface area contributed by atoms with Crippen LogP contribution in [0.25, 0.3) is 0 Å². The summed E-state index contributed by atoms with van der Waals surface area (Å²) in [5.41, 5.74) is 0.0549. The summed E-state index contributed by atoms with van der Waals surface area (Å²) in [6, 6.07) is 4.47. The summed E-state index contributed by atoms with van der Waals surface area (Å²) < 4.78 is 4.91. The Labute approximate surface area is 122 Å². The average molecular weight is 293 g/mol. The van der Waals surface area contributed by atoms with Gasteiger partial charge in [0.05, 0.1) is 12.0 Å². The predicted octanol–water partition coefficient (Wildman–Crippen LogP) is 1.48. The molecule has 0 bridgehead atoms. The van der Waals surface area contributed by atoms with Crippen LogP contribution in [0.3, 0.4) is 0 Å². The van der Waals surface area contributed by atoms with Crippen LogP contribution in [0.4, 0.5) is 5.69 Å². The summed E-state index contributed by atoms with van der Waals surface area (Å²) in [6.07, 6.45) is 3.35. The van der Waals surface area contributed by atoms with Crippen LogP contribution in [0.2, 0.25) is 0 Å². The number of amides is 1. The lowest BCUT2D eigenvalue weighted by molar-refractivity contribution is -0.385. The van der Waals surface area contributed by atoms with Crippen molar-refractivity contribution in [1.29, 1.82) is 0 Å². The van der Waals surface area contributed by atoms with Crippen molar-refractivity contribution in [1.82, 2.24) is 10.6 Å². The first-order valence-corrected chi connectivity index (χ1v) is 6.96. The number of carbonyl (C=O) groups is 1. The van der Waals surface area contributed by atoms with Gasteiger partial charge in [0.1, 0.15) is 0 Å². The highest BCUT2D eigenvalue weighted by Crippen LogP contribution is 2.27. The Morgan fingerprint density at radius 3 is 2.95 bits per heavy atom. The minimum atomic E-state index is -0.557. The first-order chi connectivity index (χ1) is 10.1. The molecule has 1 aromatic rings. The lowest BCUT2D eigenvalue weighted by atomic mass is 10.0. The summed E-state index contributed by atoms with van der Waals surface area (Å²) in [6.45, 7) is 1.49. The molecular weight excluding hydrogens is 274 g/mol. The standard InChI is InChI=1S/C14H19N3O4/c1-21-13-6-5-10(8-12(13)17(19)20)14(18)16-9-11-4-2-3-7-15-11/h5-6,8,11,15H,2-4,7,9H2,1H3,(H,16,18). The third-order valence-corrected chi connectivity index (χ3v) is 3.56. The molecule has 0 spiro atoms. The SMILES string of the molecule is COc1ccc(C(=O)NCC2CCCCN2)cc1[N+](=O)[O-]. The molecule has 7 nitrogen and oxygen atoms in total. The van der Waals surface area contributed by atoms with E-state index in [1.165, 1.54) is 25.3 Å². The molecule has 21 heavy (non-hydrogen) atoms. The van der Waals surface area contributed by atoms with Crippen LogP contribution < -0.4 is 15.4 Å². The van der Waals surface area contributed by atoms with E-state index in [2.05, 4.69) is 10.6 Å². The van der Waals surface area contributed by atoms with Crippen LogP contribution in [0, 0.1) is 10.1 Å². The van der Waals surface area contributed by atoms with E-state index in [1.807, 2.05) is 0 Å². The van der Waals surface area contributed by atoms with Gasteiger partial charge in [0.2, 0.25) is 0 Å². The summed E-state index contributed by atoms with van der Waals surface area (Å²) >= 11 is 0. The number of piperidine rings is 1. The molecule has 114 valence electrons. The molecule has 1 aromatic carbocycles. The average Bonchev–Trinajstić information content (AvgIpc) is 2.52. The maximum absolute atomic E-state index is 12.1. The van der Waals surface area contributed by atoms with Crippen molar-refractivity contribution in [3.8, 4) is 5.75 Å². The largest absolute Gasteiger partial charge is 0.490 e. The van der Waals surface area contributed by atoms with Crippen LogP contribution in [0.15, 0.2) is 18.2 Å². The number of rotatable bonds is 5. The number of carbonyl (C=O) groups excluding carboxylic acids is 1. The fourth-order valence-corrected chi connectivity index (χ4v) is 2.39. The zero-order valence-electron chi connectivity index (χ0n) is 11.9. The molecule has 1 amide bonds. The number of benzene rings is 1. The van der Waals surface area contributed by atoms with Gasteiger partial charge >= 0.3 is 5.69 Å². The van der Waals surface area contributed by atoms with E-state index in [1.54, 1.807) is 0 Å². The highest BCUT2D eigenvalue weighted by atomic mass is 16.6. The van der Waals surface area contributed by atoms with E-state index in [-0.39, 0.29) is 28.9 Å². The van der Waals surface area contributed by atoms with Gasteiger partial charge in [0, 0.05) is 24.2 Å². The molecule has 1 aliphatic heterocycles. The molecule has 1 aliphatic rings. The Morgan fingerprint density at radius 1 is 1.52 bits per heavy atom. The lowest BCUT2D eigenvalue weighted by Crippen LogP contribution is -2.43. The Kier molecular flexibility index (Phi) is 5.10. The van der Waals surface area contributed by atoms with Crippen LogP contribution in [0.5, 0.6) is 5.75 Å². The highest BCUT2D eigenvalue weighted by Gasteiger charge is 2.19. The highest BCUT2D eigenvalue weighted by molar-refractivity contribution is 5.95. The first-order valence-electron chi connectivity index (χ1n) is 6.96. The second kappa shape index (κ2) is 7.03. The fraction of sp³-hybridized carbons (Fsp3) is 0.500. The van der Waals surface area contributed by atoms with Gasteiger partial charge in [-0.1, -0.05) is 6.42 Å². The van der Waals surface area contributed by atoms with Crippen molar-refractivity contribution in [3.63, 3.8) is 0 Å². The number of nitro benzene ring substituents is 1. The molecule has 1 heterocycles. The zero-order chi connectivity index (χ0) is 15.2.